The van der Waals surface area contributed by atoms with E-state index in [-0.39, 0.29) is 11.9 Å². The number of nitrogens with zero attached hydrogens (tertiary/aromatic N) is 2. The summed E-state index contributed by atoms with van der Waals surface area (Å²) in [5, 5.41) is 8.24. The number of ether oxygens (including phenoxy) is 1. The largest absolute Gasteiger partial charge is 0.494 e. The second kappa shape index (κ2) is 8.75. The quantitative estimate of drug-likeness (QED) is 0.376. The van der Waals surface area contributed by atoms with E-state index in [0.29, 0.717) is 23.9 Å². The topological polar surface area (TPSA) is 58.2 Å². The molecule has 0 saturated carbocycles. The number of hydrogen-bond acceptors (Lipinski definition) is 3. The van der Waals surface area contributed by atoms with E-state index in [0.717, 1.165) is 33.7 Å². The lowest BCUT2D eigenvalue weighted by Crippen LogP contribution is -2.29. The average molecular weight is 458 g/mol. The Morgan fingerprint density at radius 1 is 1.06 bits per heavy atom. The Morgan fingerprint density at radius 3 is 2.55 bits per heavy atom. The number of H-pyrrole nitrogens is 1. The number of halogens is 1. The van der Waals surface area contributed by atoms with Crippen molar-refractivity contribution < 1.29 is 9.53 Å². The fraction of sp³-hybridized carbons (Fsp3) is 0.185. The number of nitrogens with one attached hydrogen (secondary N) is 1. The molecule has 1 aliphatic heterocycles. The maximum absolute atomic E-state index is 13.6. The van der Waals surface area contributed by atoms with Crippen molar-refractivity contribution in [1.29, 1.82) is 0 Å². The summed E-state index contributed by atoms with van der Waals surface area (Å²) < 4.78 is 5.76. The number of hydrogen-bond donors (Lipinski definition) is 1. The van der Waals surface area contributed by atoms with Gasteiger partial charge in [-0.3, -0.25) is 9.89 Å². The van der Waals surface area contributed by atoms with Gasteiger partial charge in [-0.1, -0.05) is 65.7 Å². The van der Waals surface area contributed by atoms with Crippen molar-refractivity contribution in [3.8, 4) is 17.0 Å². The minimum absolute atomic E-state index is 0.0716. The molecule has 5 nitrogen and oxygen atoms in total. The lowest BCUT2D eigenvalue weighted by Gasteiger charge is -2.27. The van der Waals surface area contributed by atoms with Crippen LogP contribution in [0.1, 0.15) is 45.7 Å². The number of fused-ring (bicyclic) bond motifs is 1. The van der Waals surface area contributed by atoms with Crippen LogP contribution in [0.5, 0.6) is 5.75 Å². The van der Waals surface area contributed by atoms with Gasteiger partial charge in [-0.05, 0) is 49.2 Å². The van der Waals surface area contributed by atoms with E-state index in [1.165, 1.54) is 5.56 Å². The van der Waals surface area contributed by atoms with Crippen molar-refractivity contribution in [2.45, 2.75) is 26.4 Å². The summed E-state index contributed by atoms with van der Waals surface area (Å²) in [7, 11) is 0. The third-order valence-electron chi connectivity index (χ3n) is 5.94. The molecule has 2 heterocycles. The summed E-state index contributed by atoms with van der Waals surface area (Å²) in [4.78, 5) is 15.4. The molecule has 0 spiro atoms. The highest BCUT2D eigenvalue weighted by Crippen LogP contribution is 2.44. The summed E-state index contributed by atoms with van der Waals surface area (Å²) in [6, 6.07) is 23.5. The van der Waals surface area contributed by atoms with Crippen LogP contribution in [0.4, 0.5) is 0 Å². The van der Waals surface area contributed by atoms with Crippen molar-refractivity contribution >= 4 is 17.5 Å². The number of aryl methyl sites for hydroxylation is 1. The summed E-state index contributed by atoms with van der Waals surface area (Å²) in [6.45, 7) is 5.04. The highest BCUT2D eigenvalue weighted by atomic mass is 35.5. The molecule has 33 heavy (non-hydrogen) atoms. The van der Waals surface area contributed by atoms with Crippen LogP contribution in [0.2, 0.25) is 5.02 Å². The predicted octanol–water partition coefficient (Wildman–Crippen LogP) is 6.18. The first kappa shape index (κ1) is 21.3. The molecule has 1 aliphatic rings. The molecule has 4 aromatic rings. The van der Waals surface area contributed by atoms with Crippen LogP contribution in [0.3, 0.4) is 0 Å². The summed E-state index contributed by atoms with van der Waals surface area (Å²) in [6.07, 6.45) is 0. The van der Waals surface area contributed by atoms with Gasteiger partial charge in [0.15, 0.2) is 0 Å². The van der Waals surface area contributed by atoms with E-state index in [1.54, 1.807) is 0 Å². The zero-order chi connectivity index (χ0) is 22.9. The van der Waals surface area contributed by atoms with Crippen LogP contribution in [0.15, 0.2) is 72.8 Å². The minimum atomic E-state index is -0.293. The van der Waals surface area contributed by atoms with Crippen molar-refractivity contribution in [3.63, 3.8) is 0 Å². The predicted molar refractivity (Wildman–Crippen MR) is 130 cm³/mol. The SMILES string of the molecule is CCOc1cccc(C2c3c(-c4ccc(C)cc4)n[nH]c3C(=O)N2Cc2ccc(Cl)cc2)c1. The first-order valence-electron chi connectivity index (χ1n) is 11.0. The van der Waals surface area contributed by atoms with Gasteiger partial charge in [-0.15, -0.1) is 0 Å². The number of amides is 1. The average Bonchev–Trinajstić information content (AvgIpc) is 3.36. The Balaban J connectivity index is 1.63. The Hall–Kier alpha value is -3.57. The van der Waals surface area contributed by atoms with E-state index in [1.807, 2.05) is 72.5 Å². The molecular formula is C27H24ClN3O2. The second-order valence-electron chi connectivity index (χ2n) is 8.19. The first-order valence-corrected chi connectivity index (χ1v) is 11.4. The van der Waals surface area contributed by atoms with Gasteiger partial charge in [0.1, 0.15) is 11.4 Å². The summed E-state index contributed by atoms with van der Waals surface area (Å²) in [5.41, 5.74) is 6.37. The molecule has 1 atom stereocenters. The van der Waals surface area contributed by atoms with Gasteiger partial charge >= 0.3 is 0 Å². The van der Waals surface area contributed by atoms with Crippen LogP contribution in [0.25, 0.3) is 11.3 Å². The van der Waals surface area contributed by atoms with Crippen LogP contribution in [-0.2, 0) is 6.54 Å². The van der Waals surface area contributed by atoms with E-state index >= 15 is 0 Å². The molecule has 166 valence electrons. The number of rotatable bonds is 6. The Labute approximate surface area is 198 Å². The molecule has 1 aromatic heterocycles. The molecule has 1 N–H and O–H groups in total. The van der Waals surface area contributed by atoms with E-state index in [9.17, 15) is 4.79 Å². The van der Waals surface area contributed by atoms with Gasteiger partial charge in [-0.25, -0.2) is 0 Å². The smallest absolute Gasteiger partial charge is 0.273 e. The van der Waals surface area contributed by atoms with Gasteiger partial charge in [-0.2, -0.15) is 5.10 Å². The lowest BCUT2D eigenvalue weighted by molar-refractivity contribution is 0.0730. The number of benzene rings is 3. The summed E-state index contributed by atoms with van der Waals surface area (Å²) >= 11 is 6.08. The fourth-order valence-corrected chi connectivity index (χ4v) is 4.49. The molecule has 6 heteroatoms. The van der Waals surface area contributed by atoms with Crippen molar-refractivity contribution in [2.75, 3.05) is 6.61 Å². The van der Waals surface area contributed by atoms with Gasteiger partial charge in [0, 0.05) is 22.7 Å². The molecule has 5 rings (SSSR count). The first-order chi connectivity index (χ1) is 16.0. The van der Waals surface area contributed by atoms with Gasteiger partial charge in [0.05, 0.1) is 18.3 Å². The van der Waals surface area contributed by atoms with E-state index < -0.39 is 0 Å². The molecular weight excluding hydrogens is 434 g/mol. The Bertz CT molecular complexity index is 1300. The molecule has 0 saturated heterocycles. The highest BCUT2D eigenvalue weighted by molar-refractivity contribution is 6.30. The monoisotopic (exact) mass is 457 g/mol. The molecule has 1 amide bonds. The Kier molecular flexibility index (Phi) is 5.65. The summed E-state index contributed by atoms with van der Waals surface area (Å²) in [5.74, 6) is 0.709. The lowest BCUT2D eigenvalue weighted by atomic mass is 9.95. The normalized spacial score (nSPS) is 15.1. The number of carbonyl (C=O) groups is 1. The zero-order valence-corrected chi connectivity index (χ0v) is 19.3. The van der Waals surface area contributed by atoms with Gasteiger partial charge < -0.3 is 9.64 Å². The number of carbonyl (C=O) groups excluding carboxylic acids is 1. The van der Waals surface area contributed by atoms with Crippen LogP contribution >= 0.6 is 11.6 Å². The van der Waals surface area contributed by atoms with Gasteiger partial charge in [0.2, 0.25) is 0 Å². The Morgan fingerprint density at radius 2 is 1.82 bits per heavy atom. The van der Waals surface area contributed by atoms with Crippen LogP contribution < -0.4 is 4.74 Å². The van der Waals surface area contributed by atoms with Crippen molar-refractivity contribution in [3.05, 3.63) is 106 Å². The standard InChI is InChI=1S/C27H24ClN3O2/c1-3-33-22-6-4-5-20(15-22)26-23-24(19-11-7-17(2)8-12-19)29-30-25(23)27(32)31(26)16-18-9-13-21(28)14-10-18/h4-15,26H,3,16H2,1-2H3,(H,29,30). The second-order valence-corrected chi connectivity index (χ2v) is 8.63. The maximum atomic E-state index is 13.6. The van der Waals surface area contributed by atoms with Crippen molar-refractivity contribution in [1.82, 2.24) is 15.1 Å². The third kappa shape index (κ3) is 4.00. The molecule has 1 unspecified atom stereocenters. The maximum Gasteiger partial charge on any atom is 0.273 e. The number of aromatic nitrogens is 2. The zero-order valence-electron chi connectivity index (χ0n) is 18.5. The molecule has 0 aliphatic carbocycles. The molecule has 0 radical (unpaired) electrons. The van der Waals surface area contributed by atoms with E-state index in [2.05, 4.69) is 29.3 Å². The third-order valence-corrected chi connectivity index (χ3v) is 6.19. The highest BCUT2D eigenvalue weighted by Gasteiger charge is 2.42. The van der Waals surface area contributed by atoms with E-state index in [4.69, 9.17) is 16.3 Å². The minimum Gasteiger partial charge on any atom is -0.494 e. The number of aromatic amines is 1. The van der Waals surface area contributed by atoms with Crippen LogP contribution in [0, 0.1) is 6.92 Å². The molecule has 0 fully saturated rings. The van der Waals surface area contributed by atoms with Crippen LogP contribution in [-0.4, -0.2) is 27.6 Å². The molecule has 0 bridgehead atoms. The molecule has 3 aromatic carbocycles. The fourth-order valence-electron chi connectivity index (χ4n) is 4.37. The van der Waals surface area contributed by atoms with Gasteiger partial charge in [0.25, 0.3) is 5.91 Å². The van der Waals surface area contributed by atoms with Crippen molar-refractivity contribution in [2.24, 2.45) is 0 Å².